The second kappa shape index (κ2) is 10.3. The minimum Gasteiger partial charge on any atom is -0.465 e. The van der Waals surface area contributed by atoms with E-state index in [2.05, 4.69) is 46.8 Å². The SMILES string of the molecule is CC[C@@H](CO)N1C(=O)[C@@H]2[C@H]3C(=O)OCCCC/C=C\[C@@]3(C)S[C@@]23C=CCN(C(C)(C)CC(C)(C)C)C(=O)C13. The van der Waals surface area contributed by atoms with E-state index in [1.807, 2.05) is 30.9 Å². The van der Waals surface area contributed by atoms with Gasteiger partial charge in [-0.2, -0.15) is 0 Å². The molecule has 4 rings (SSSR count). The van der Waals surface area contributed by atoms with Crippen LogP contribution in [0.1, 0.15) is 80.6 Å². The van der Waals surface area contributed by atoms with Crippen LogP contribution in [0.5, 0.6) is 0 Å². The van der Waals surface area contributed by atoms with E-state index in [-0.39, 0.29) is 29.8 Å². The second-order valence-corrected chi connectivity index (χ2v) is 15.2. The Balaban J connectivity index is 1.88. The van der Waals surface area contributed by atoms with Crippen molar-refractivity contribution in [3.8, 4) is 0 Å². The number of fused-ring (bicyclic) bond motifs is 2. The number of cyclic esters (lactones) is 1. The van der Waals surface area contributed by atoms with Gasteiger partial charge in [0.15, 0.2) is 0 Å². The number of rotatable bonds is 5. The lowest BCUT2D eigenvalue weighted by Gasteiger charge is -2.45. The molecule has 8 heteroatoms. The molecule has 38 heavy (non-hydrogen) atoms. The van der Waals surface area contributed by atoms with Gasteiger partial charge in [-0.3, -0.25) is 14.4 Å². The molecule has 0 bridgehead atoms. The van der Waals surface area contributed by atoms with Crippen molar-refractivity contribution >= 4 is 29.5 Å². The molecule has 2 amide bonds. The third-order valence-corrected chi connectivity index (χ3v) is 10.5. The van der Waals surface area contributed by atoms with Gasteiger partial charge in [-0.25, -0.2) is 0 Å². The number of allylic oxidation sites excluding steroid dienone is 1. The number of carbonyl (C=O) groups is 3. The van der Waals surface area contributed by atoms with Crippen LogP contribution in [0.2, 0.25) is 0 Å². The Kier molecular flexibility index (Phi) is 7.92. The Hall–Kier alpha value is -1.80. The van der Waals surface area contributed by atoms with Crippen molar-refractivity contribution in [3.05, 3.63) is 24.3 Å². The fourth-order valence-electron chi connectivity index (χ4n) is 7.48. The molecule has 4 aliphatic rings. The number of likely N-dealkylation sites (tertiary alicyclic amines) is 1. The zero-order chi connectivity index (χ0) is 28.1. The lowest BCUT2D eigenvalue weighted by Crippen LogP contribution is -2.60. The van der Waals surface area contributed by atoms with Gasteiger partial charge >= 0.3 is 5.97 Å². The van der Waals surface area contributed by atoms with Gasteiger partial charge in [0.2, 0.25) is 11.8 Å². The number of hydrogen-bond acceptors (Lipinski definition) is 6. The summed E-state index contributed by atoms with van der Waals surface area (Å²) in [6, 6.07) is -1.31. The Morgan fingerprint density at radius 3 is 2.42 bits per heavy atom. The summed E-state index contributed by atoms with van der Waals surface area (Å²) >= 11 is 1.56. The molecule has 1 spiro atoms. The van der Waals surface area contributed by atoms with Crippen LogP contribution in [-0.2, 0) is 19.1 Å². The van der Waals surface area contributed by atoms with Crippen LogP contribution in [0.4, 0.5) is 0 Å². The Morgan fingerprint density at radius 2 is 1.79 bits per heavy atom. The lowest BCUT2D eigenvalue weighted by atomic mass is 9.74. The average Bonchev–Trinajstić information content (AvgIpc) is 3.13. The van der Waals surface area contributed by atoms with Crippen LogP contribution >= 0.6 is 11.8 Å². The first-order chi connectivity index (χ1) is 17.7. The van der Waals surface area contributed by atoms with Gasteiger partial charge in [-0.05, 0) is 58.3 Å². The third kappa shape index (κ3) is 4.85. The van der Waals surface area contributed by atoms with Crippen LogP contribution < -0.4 is 0 Å². The van der Waals surface area contributed by atoms with E-state index in [9.17, 15) is 19.5 Å². The Bertz CT molecular complexity index is 1010. The number of thioether (sulfide) groups is 1. The van der Waals surface area contributed by atoms with E-state index in [4.69, 9.17) is 4.74 Å². The molecule has 2 fully saturated rings. The topological polar surface area (TPSA) is 87.2 Å². The van der Waals surface area contributed by atoms with Crippen LogP contribution in [0.25, 0.3) is 0 Å². The number of esters is 1. The zero-order valence-electron chi connectivity index (χ0n) is 24.2. The summed E-state index contributed by atoms with van der Waals surface area (Å²) in [6.45, 7) is 15.2. The minimum absolute atomic E-state index is 0.00510. The van der Waals surface area contributed by atoms with Gasteiger partial charge < -0.3 is 19.6 Å². The molecule has 0 aliphatic carbocycles. The zero-order valence-corrected chi connectivity index (χ0v) is 25.0. The molecule has 4 aliphatic heterocycles. The standard InChI is InChI=1S/C30H46N2O5S/c1-8-20(18-33)32-23-25(35)31(28(5,6)19-27(2,3)4)16-13-15-30(23)21(24(32)34)22-26(36)37-17-12-10-9-11-14-29(22,7)38-30/h11,13-15,20-23,33H,8-10,12,16-19H2,1-7H3/b14-11-/t20-,21-,22-,23?,29+,30-/m0/s1. The Morgan fingerprint density at radius 1 is 1.08 bits per heavy atom. The summed E-state index contributed by atoms with van der Waals surface area (Å²) in [5.41, 5.74) is -0.461. The van der Waals surface area contributed by atoms with Gasteiger partial charge in [-0.1, -0.05) is 52.0 Å². The normalized spacial score (nSPS) is 35.8. The molecule has 0 saturated carbocycles. The molecule has 0 aromatic carbocycles. The minimum atomic E-state index is -0.930. The predicted molar refractivity (Wildman–Crippen MR) is 150 cm³/mol. The van der Waals surface area contributed by atoms with Crippen molar-refractivity contribution in [2.75, 3.05) is 19.8 Å². The average molecular weight is 547 g/mol. The van der Waals surface area contributed by atoms with E-state index in [0.29, 0.717) is 19.6 Å². The van der Waals surface area contributed by atoms with E-state index < -0.39 is 39.0 Å². The van der Waals surface area contributed by atoms with Crippen molar-refractivity contribution in [2.45, 2.75) is 108 Å². The predicted octanol–water partition coefficient (Wildman–Crippen LogP) is 4.34. The monoisotopic (exact) mass is 546 g/mol. The van der Waals surface area contributed by atoms with E-state index in [1.54, 1.807) is 16.7 Å². The fraction of sp³-hybridized carbons (Fsp3) is 0.767. The summed E-state index contributed by atoms with van der Waals surface area (Å²) in [4.78, 5) is 46.3. The van der Waals surface area contributed by atoms with Crippen LogP contribution in [-0.4, -0.2) is 79.6 Å². The van der Waals surface area contributed by atoms with Gasteiger partial charge in [0, 0.05) is 16.8 Å². The molecule has 1 N–H and O–H groups in total. The van der Waals surface area contributed by atoms with Crippen molar-refractivity contribution in [2.24, 2.45) is 17.3 Å². The molecule has 0 radical (unpaired) electrons. The highest BCUT2D eigenvalue weighted by atomic mass is 32.2. The largest absolute Gasteiger partial charge is 0.465 e. The van der Waals surface area contributed by atoms with Gasteiger partial charge in [0.1, 0.15) is 6.04 Å². The van der Waals surface area contributed by atoms with Gasteiger partial charge in [-0.15, -0.1) is 11.8 Å². The highest BCUT2D eigenvalue weighted by Gasteiger charge is 2.74. The van der Waals surface area contributed by atoms with Crippen LogP contribution in [0.15, 0.2) is 24.3 Å². The molecular formula is C30H46N2O5S. The maximum absolute atomic E-state index is 14.7. The highest BCUT2D eigenvalue weighted by Crippen LogP contribution is 2.65. The van der Waals surface area contributed by atoms with E-state index in [1.165, 1.54) is 0 Å². The van der Waals surface area contributed by atoms with Crippen LogP contribution in [0, 0.1) is 17.3 Å². The molecule has 2 saturated heterocycles. The van der Waals surface area contributed by atoms with Crippen molar-refractivity contribution in [3.63, 3.8) is 0 Å². The molecule has 0 aromatic rings. The molecule has 0 aromatic heterocycles. The molecule has 1 unspecified atom stereocenters. The number of hydrogen-bond donors (Lipinski definition) is 1. The number of aliphatic hydroxyl groups excluding tert-OH is 1. The summed E-state index contributed by atoms with van der Waals surface area (Å²) in [6.07, 6.45) is 12.2. The summed E-state index contributed by atoms with van der Waals surface area (Å²) in [5, 5.41) is 10.3. The van der Waals surface area contributed by atoms with Crippen molar-refractivity contribution in [1.82, 2.24) is 9.80 Å². The quantitative estimate of drug-likeness (QED) is 0.408. The molecule has 212 valence electrons. The van der Waals surface area contributed by atoms with Gasteiger partial charge in [0.05, 0.1) is 35.8 Å². The van der Waals surface area contributed by atoms with Crippen molar-refractivity contribution in [1.29, 1.82) is 0 Å². The summed E-state index contributed by atoms with van der Waals surface area (Å²) in [5.74, 6) is -2.16. The number of ether oxygens (including phenoxy) is 1. The second-order valence-electron chi connectivity index (χ2n) is 13.5. The molecule has 7 nitrogen and oxygen atoms in total. The van der Waals surface area contributed by atoms with Crippen molar-refractivity contribution < 1.29 is 24.2 Å². The van der Waals surface area contributed by atoms with Crippen LogP contribution in [0.3, 0.4) is 0 Å². The maximum Gasteiger partial charge on any atom is 0.311 e. The first-order valence-corrected chi connectivity index (χ1v) is 15.0. The number of aliphatic hydroxyl groups is 1. The maximum atomic E-state index is 14.7. The smallest absolute Gasteiger partial charge is 0.311 e. The number of carbonyl (C=O) groups excluding carboxylic acids is 3. The third-order valence-electron chi connectivity index (χ3n) is 8.71. The number of nitrogens with zero attached hydrogens (tertiary/aromatic N) is 2. The first-order valence-electron chi connectivity index (χ1n) is 14.2. The highest BCUT2D eigenvalue weighted by molar-refractivity contribution is 8.02. The number of amides is 2. The fourth-order valence-corrected chi connectivity index (χ4v) is 9.62. The van der Waals surface area contributed by atoms with E-state index in [0.717, 1.165) is 25.7 Å². The molecular weight excluding hydrogens is 500 g/mol. The van der Waals surface area contributed by atoms with Gasteiger partial charge in [0.25, 0.3) is 0 Å². The first kappa shape index (κ1) is 29.2. The Labute approximate surface area is 232 Å². The molecule has 4 heterocycles. The summed E-state index contributed by atoms with van der Waals surface area (Å²) in [7, 11) is 0. The van der Waals surface area contributed by atoms with E-state index >= 15 is 0 Å². The molecule has 6 atom stereocenters. The lowest BCUT2D eigenvalue weighted by molar-refractivity contribution is -0.155. The summed E-state index contributed by atoms with van der Waals surface area (Å²) < 4.78 is 4.12.